The number of anilines is 1. The number of benzene rings is 1. The number of hydrogen-bond acceptors (Lipinski definition) is 6. The van der Waals surface area contributed by atoms with E-state index in [1.807, 2.05) is 9.80 Å². The smallest absolute Gasteiger partial charge is 0.282 e. The highest BCUT2D eigenvalue weighted by Crippen LogP contribution is 2.37. The van der Waals surface area contributed by atoms with Crippen molar-refractivity contribution in [2.24, 2.45) is 0 Å². The minimum absolute atomic E-state index is 0.00634. The normalized spacial score (nSPS) is 18.5. The quantitative estimate of drug-likeness (QED) is 0.504. The molecular weight excluding hydrogens is 485 g/mol. The number of rotatable bonds is 7. The summed E-state index contributed by atoms with van der Waals surface area (Å²) in [6, 6.07) is 6.55. The van der Waals surface area contributed by atoms with Gasteiger partial charge in [0.25, 0.3) is 17.9 Å². The number of fused-ring (bicyclic) bond motifs is 1. The standard InChI is InChI=1S/C26H27F3N6O2/c27-20-15(3-6-17-22(20)33-26(37)21(31-17)14-1-2-14)13-34-9-11-35(12-10-34)19-8-7-18(32-23(19)24(28)29)25(36)30-16-4-5-16/h3,6-8,14,16,24H,1-2,4-5,9-13H2,(H,30,36)(H,33,37). The second kappa shape index (κ2) is 9.44. The lowest BCUT2D eigenvalue weighted by molar-refractivity contribution is 0.0944. The lowest BCUT2D eigenvalue weighted by atomic mass is 10.1. The van der Waals surface area contributed by atoms with Crippen LogP contribution < -0.4 is 15.8 Å². The lowest BCUT2D eigenvalue weighted by Gasteiger charge is -2.36. The Balaban J connectivity index is 1.14. The molecule has 2 N–H and O–H groups in total. The summed E-state index contributed by atoms with van der Waals surface area (Å²) in [5.74, 6) is -0.751. The van der Waals surface area contributed by atoms with Crippen LogP contribution in [0.15, 0.2) is 29.1 Å². The number of halogens is 3. The Bertz CT molecular complexity index is 1410. The number of piperazine rings is 1. The molecule has 2 aromatic heterocycles. The van der Waals surface area contributed by atoms with Gasteiger partial charge in [0.1, 0.15) is 22.6 Å². The van der Waals surface area contributed by atoms with Crippen LogP contribution in [-0.2, 0) is 6.54 Å². The number of nitrogens with zero attached hydrogens (tertiary/aromatic N) is 4. The van der Waals surface area contributed by atoms with Crippen molar-refractivity contribution >= 4 is 22.6 Å². The molecule has 0 atom stereocenters. The maximum Gasteiger partial charge on any atom is 0.282 e. The van der Waals surface area contributed by atoms with Crippen LogP contribution in [0.25, 0.3) is 11.0 Å². The third kappa shape index (κ3) is 4.92. The first-order chi connectivity index (χ1) is 17.9. The van der Waals surface area contributed by atoms with Crippen LogP contribution in [0.5, 0.6) is 0 Å². The molecule has 11 heteroatoms. The zero-order valence-corrected chi connectivity index (χ0v) is 20.1. The van der Waals surface area contributed by atoms with Crippen molar-refractivity contribution in [3.05, 3.63) is 63.1 Å². The number of aromatic nitrogens is 3. The summed E-state index contributed by atoms with van der Waals surface area (Å²) in [5, 5.41) is 2.77. The topological polar surface area (TPSA) is 94.2 Å². The molecule has 6 rings (SSSR count). The summed E-state index contributed by atoms with van der Waals surface area (Å²) in [4.78, 5) is 39.5. The molecule has 3 fully saturated rings. The molecule has 1 aromatic carbocycles. The molecule has 2 saturated carbocycles. The zero-order valence-electron chi connectivity index (χ0n) is 20.1. The van der Waals surface area contributed by atoms with Gasteiger partial charge in [0.05, 0.1) is 11.2 Å². The number of H-pyrrole nitrogens is 1. The molecule has 0 radical (unpaired) electrons. The number of pyridine rings is 1. The van der Waals surface area contributed by atoms with Gasteiger partial charge in [-0.05, 0) is 43.9 Å². The molecule has 1 amide bonds. The highest BCUT2D eigenvalue weighted by atomic mass is 19.3. The first-order valence-electron chi connectivity index (χ1n) is 12.7. The Morgan fingerprint density at radius 3 is 2.49 bits per heavy atom. The summed E-state index contributed by atoms with van der Waals surface area (Å²) in [6.07, 6.45) is 0.847. The van der Waals surface area contributed by atoms with Crippen molar-refractivity contribution in [2.45, 2.75) is 50.6 Å². The van der Waals surface area contributed by atoms with Gasteiger partial charge in [-0.25, -0.2) is 23.1 Å². The Morgan fingerprint density at radius 1 is 1.05 bits per heavy atom. The first-order valence-corrected chi connectivity index (χ1v) is 12.7. The second-order valence-corrected chi connectivity index (χ2v) is 10.1. The molecule has 1 saturated heterocycles. The minimum Gasteiger partial charge on any atom is -0.367 e. The molecule has 3 aliphatic rings. The third-order valence-corrected chi connectivity index (χ3v) is 7.24. The molecule has 0 unspecified atom stereocenters. The van der Waals surface area contributed by atoms with Gasteiger partial charge >= 0.3 is 0 Å². The van der Waals surface area contributed by atoms with Crippen LogP contribution in [0.1, 0.15) is 65.5 Å². The predicted octanol–water partition coefficient (Wildman–Crippen LogP) is 3.49. The average molecular weight is 513 g/mol. The van der Waals surface area contributed by atoms with Crippen molar-refractivity contribution in [3.63, 3.8) is 0 Å². The molecule has 2 aliphatic carbocycles. The number of aromatic amines is 1. The van der Waals surface area contributed by atoms with E-state index in [0.717, 1.165) is 25.7 Å². The number of amides is 1. The maximum absolute atomic E-state index is 15.3. The summed E-state index contributed by atoms with van der Waals surface area (Å²) in [6.45, 7) is 2.28. The van der Waals surface area contributed by atoms with Crippen LogP contribution >= 0.6 is 0 Å². The van der Waals surface area contributed by atoms with E-state index in [1.54, 1.807) is 12.1 Å². The third-order valence-electron chi connectivity index (χ3n) is 7.24. The van der Waals surface area contributed by atoms with E-state index in [4.69, 9.17) is 0 Å². The van der Waals surface area contributed by atoms with Crippen molar-refractivity contribution < 1.29 is 18.0 Å². The van der Waals surface area contributed by atoms with E-state index in [1.165, 1.54) is 12.1 Å². The molecule has 194 valence electrons. The summed E-state index contributed by atoms with van der Waals surface area (Å²) < 4.78 is 42.9. The first kappa shape index (κ1) is 23.9. The van der Waals surface area contributed by atoms with Gasteiger partial charge < -0.3 is 15.2 Å². The van der Waals surface area contributed by atoms with Gasteiger partial charge in [0.2, 0.25) is 0 Å². The minimum atomic E-state index is -2.82. The average Bonchev–Trinajstić information content (AvgIpc) is 3.82. The predicted molar refractivity (Wildman–Crippen MR) is 131 cm³/mol. The molecule has 8 nitrogen and oxygen atoms in total. The number of carbonyl (C=O) groups excluding carboxylic acids is 1. The van der Waals surface area contributed by atoms with Gasteiger partial charge in [-0.3, -0.25) is 14.5 Å². The maximum atomic E-state index is 15.3. The fourth-order valence-corrected chi connectivity index (χ4v) is 4.83. The number of carbonyl (C=O) groups is 1. The van der Waals surface area contributed by atoms with Crippen LogP contribution in [0.4, 0.5) is 18.9 Å². The van der Waals surface area contributed by atoms with Gasteiger partial charge in [0.15, 0.2) is 5.82 Å². The molecule has 37 heavy (non-hydrogen) atoms. The highest BCUT2D eigenvalue weighted by Gasteiger charge is 2.30. The van der Waals surface area contributed by atoms with Gasteiger partial charge in [0, 0.05) is 50.2 Å². The largest absolute Gasteiger partial charge is 0.367 e. The second-order valence-electron chi connectivity index (χ2n) is 10.1. The van der Waals surface area contributed by atoms with E-state index in [-0.39, 0.29) is 28.7 Å². The van der Waals surface area contributed by atoms with Crippen LogP contribution in [0.3, 0.4) is 0 Å². The van der Waals surface area contributed by atoms with E-state index in [9.17, 15) is 18.4 Å². The van der Waals surface area contributed by atoms with Crippen LogP contribution in [0.2, 0.25) is 0 Å². The Morgan fingerprint density at radius 2 is 1.81 bits per heavy atom. The molecule has 1 aliphatic heterocycles. The van der Waals surface area contributed by atoms with Crippen molar-refractivity contribution in [3.8, 4) is 0 Å². The Labute approximate surface area is 210 Å². The molecule has 3 heterocycles. The Hall–Kier alpha value is -3.47. The van der Waals surface area contributed by atoms with Crippen molar-refractivity contribution in [1.82, 2.24) is 25.2 Å². The van der Waals surface area contributed by atoms with Crippen LogP contribution in [0, 0.1) is 5.82 Å². The SMILES string of the molecule is O=C(NC1CC1)c1ccc(N2CCN(Cc3ccc4nc(C5CC5)c(=O)[nH]c4c3F)CC2)c(C(F)F)n1. The van der Waals surface area contributed by atoms with Crippen LogP contribution in [-0.4, -0.2) is 58.0 Å². The molecule has 3 aromatic rings. The lowest BCUT2D eigenvalue weighted by Crippen LogP contribution is -2.46. The van der Waals surface area contributed by atoms with Gasteiger partial charge in [-0.1, -0.05) is 6.07 Å². The van der Waals surface area contributed by atoms with E-state index in [2.05, 4.69) is 20.3 Å². The van der Waals surface area contributed by atoms with E-state index >= 15 is 4.39 Å². The summed E-state index contributed by atoms with van der Waals surface area (Å²) in [7, 11) is 0. The number of hydrogen-bond donors (Lipinski definition) is 2. The fraction of sp³-hybridized carbons (Fsp3) is 0.462. The Kier molecular flexibility index (Phi) is 6.10. The highest BCUT2D eigenvalue weighted by molar-refractivity contribution is 5.93. The number of nitrogens with one attached hydrogen (secondary N) is 2. The van der Waals surface area contributed by atoms with Gasteiger partial charge in [-0.15, -0.1) is 0 Å². The molecular formula is C26H27F3N6O2. The fourth-order valence-electron chi connectivity index (χ4n) is 4.83. The van der Waals surface area contributed by atoms with Gasteiger partial charge in [-0.2, -0.15) is 0 Å². The van der Waals surface area contributed by atoms with Crippen molar-refractivity contribution in [2.75, 3.05) is 31.1 Å². The molecule has 0 bridgehead atoms. The summed E-state index contributed by atoms with van der Waals surface area (Å²) >= 11 is 0. The zero-order chi connectivity index (χ0) is 25.7. The van der Waals surface area contributed by atoms with E-state index < -0.39 is 23.8 Å². The van der Waals surface area contributed by atoms with E-state index in [0.29, 0.717) is 55.2 Å². The number of alkyl halides is 2. The molecule has 0 spiro atoms. The van der Waals surface area contributed by atoms with Crippen molar-refractivity contribution in [1.29, 1.82) is 0 Å². The summed E-state index contributed by atoms with van der Waals surface area (Å²) in [5.41, 5.74) is 1.04. The monoisotopic (exact) mass is 512 g/mol.